The molecule has 0 radical (unpaired) electrons. The van der Waals surface area contributed by atoms with Crippen molar-refractivity contribution in [3.8, 4) is 0 Å². The zero-order valence-corrected chi connectivity index (χ0v) is 12.8. The molecule has 1 aromatic heterocycles. The molecule has 2 rings (SSSR count). The Morgan fingerprint density at radius 2 is 2.05 bits per heavy atom. The summed E-state index contributed by atoms with van der Waals surface area (Å²) in [6, 6.07) is 9.61. The monoisotopic (exact) mass is 306 g/mol. The van der Waals surface area contributed by atoms with Crippen LogP contribution in [0.3, 0.4) is 0 Å². The lowest BCUT2D eigenvalue weighted by Crippen LogP contribution is -2.25. The van der Waals surface area contributed by atoms with E-state index in [1.807, 2.05) is 37.3 Å². The van der Waals surface area contributed by atoms with Crippen molar-refractivity contribution in [2.24, 2.45) is 0 Å². The first kappa shape index (κ1) is 15.6. The molecule has 0 aliphatic carbocycles. The van der Waals surface area contributed by atoms with Crippen LogP contribution in [0.25, 0.3) is 0 Å². The summed E-state index contributed by atoms with van der Waals surface area (Å²) < 4.78 is 4.97. The average molecular weight is 307 g/mol. The molecule has 0 aliphatic rings. The number of aromatic nitrogens is 1. The lowest BCUT2D eigenvalue weighted by atomic mass is 10.1. The normalized spacial score (nSPS) is 10.6. The van der Waals surface area contributed by atoms with Crippen LogP contribution in [0.2, 0.25) is 5.02 Å². The Kier molecular flexibility index (Phi) is 5.81. The van der Waals surface area contributed by atoms with E-state index in [-0.39, 0.29) is 5.91 Å². The standard InChI is InChI=1S/C16H19ClN2O2/c1-12-11-15(19-21-12)9-10-18-16(20)4-2-3-13-5-7-14(17)8-6-13/h5-8,11H,2-4,9-10H2,1H3,(H,18,20). The molecule has 1 heterocycles. The second-order valence-electron chi connectivity index (χ2n) is 5.01. The Hall–Kier alpha value is -1.81. The molecule has 0 bridgehead atoms. The van der Waals surface area contributed by atoms with Gasteiger partial charge in [0.25, 0.3) is 0 Å². The van der Waals surface area contributed by atoms with E-state index in [1.165, 1.54) is 5.56 Å². The van der Waals surface area contributed by atoms with Crippen LogP contribution in [0, 0.1) is 6.92 Å². The summed E-state index contributed by atoms with van der Waals surface area (Å²) in [4.78, 5) is 11.7. The lowest BCUT2D eigenvalue weighted by molar-refractivity contribution is -0.121. The number of rotatable bonds is 7. The highest BCUT2D eigenvalue weighted by Gasteiger charge is 2.04. The van der Waals surface area contributed by atoms with Crippen molar-refractivity contribution in [1.29, 1.82) is 0 Å². The third kappa shape index (κ3) is 5.60. The van der Waals surface area contributed by atoms with Gasteiger partial charge in [-0.2, -0.15) is 0 Å². The zero-order valence-electron chi connectivity index (χ0n) is 12.1. The number of aryl methyl sites for hydroxylation is 2. The van der Waals surface area contributed by atoms with Crippen molar-refractivity contribution in [2.75, 3.05) is 6.54 Å². The van der Waals surface area contributed by atoms with Crippen molar-refractivity contribution in [2.45, 2.75) is 32.6 Å². The van der Waals surface area contributed by atoms with Gasteiger partial charge in [0, 0.05) is 30.5 Å². The van der Waals surface area contributed by atoms with Crippen LogP contribution >= 0.6 is 11.6 Å². The molecule has 2 aromatic rings. The van der Waals surface area contributed by atoms with Crippen LogP contribution in [-0.4, -0.2) is 17.6 Å². The van der Waals surface area contributed by atoms with Gasteiger partial charge in [0.15, 0.2) is 0 Å². The van der Waals surface area contributed by atoms with Gasteiger partial charge < -0.3 is 9.84 Å². The van der Waals surface area contributed by atoms with Gasteiger partial charge in [-0.3, -0.25) is 4.79 Å². The fourth-order valence-electron chi connectivity index (χ4n) is 2.06. The smallest absolute Gasteiger partial charge is 0.220 e. The highest BCUT2D eigenvalue weighted by Crippen LogP contribution is 2.11. The summed E-state index contributed by atoms with van der Waals surface area (Å²) in [5.74, 6) is 0.864. The Morgan fingerprint density at radius 1 is 1.29 bits per heavy atom. The number of amides is 1. The lowest BCUT2D eigenvalue weighted by Gasteiger charge is -2.04. The molecule has 4 nitrogen and oxygen atoms in total. The molecule has 0 unspecified atom stereocenters. The molecule has 0 fully saturated rings. The van der Waals surface area contributed by atoms with E-state index in [9.17, 15) is 4.79 Å². The molecular formula is C16H19ClN2O2. The van der Waals surface area contributed by atoms with E-state index in [4.69, 9.17) is 16.1 Å². The maximum absolute atomic E-state index is 11.7. The molecule has 21 heavy (non-hydrogen) atoms. The minimum Gasteiger partial charge on any atom is -0.361 e. The summed E-state index contributed by atoms with van der Waals surface area (Å²) in [5, 5.41) is 7.51. The number of nitrogens with zero attached hydrogens (tertiary/aromatic N) is 1. The minimum atomic E-state index is 0.0733. The van der Waals surface area contributed by atoms with Crippen molar-refractivity contribution in [3.05, 3.63) is 52.4 Å². The number of halogens is 1. The zero-order chi connectivity index (χ0) is 15.1. The largest absolute Gasteiger partial charge is 0.361 e. The molecule has 0 atom stereocenters. The molecule has 0 aliphatic heterocycles. The van der Waals surface area contributed by atoms with Gasteiger partial charge in [-0.05, 0) is 37.5 Å². The third-order valence-corrected chi connectivity index (χ3v) is 3.41. The maximum Gasteiger partial charge on any atom is 0.220 e. The number of hydrogen-bond donors (Lipinski definition) is 1. The van der Waals surface area contributed by atoms with Crippen molar-refractivity contribution in [1.82, 2.24) is 10.5 Å². The van der Waals surface area contributed by atoms with Crippen LogP contribution < -0.4 is 5.32 Å². The van der Waals surface area contributed by atoms with E-state index in [1.54, 1.807) is 0 Å². The number of benzene rings is 1. The number of nitrogens with one attached hydrogen (secondary N) is 1. The first-order chi connectivity index (χ1) is 10.1. The number of hydrogen-bond acceptors (Lipinski definition) is 3. The predicted octanol–water partition coefficient (Wildman–Crippen LogP) is 3.32. The molecule has 0 saturated carbocycles. The topological polar surface area (TPSA) is 55.1 Å². The Balaban J connectivity index is 1.60. The molecule has 0 spiro atoms. The summed E-state index contributed by atoms with van der Waals surface area (Å²) in [6.07, 6.45) is 2.93. The first-order valence-electron chi connectivity index (χ1n) is 7.07. The fraction of sp³-hybridized carbons (Fsp3) is 0.375. The summed E-state index contributed by atoms with van der Waals surface area (Å²) in [5.41, 5.74) is 2.07. The van der Waals surface area contributed by atoms with Crippen LogP contribution in [0.1, 0.15) is 29.9 Å². The predicted molar refractivity (Wildman–Crippen MR) is 82.3 cm³/mol. The quantitative estimate of drug-likeness (QED) is 0.853. The van der Waals surface area contributed by atoms with E-state index < -0.39 is 0 Å². The number of carbonyl (C=O) groups is 1. The van der Waals surface area contributed by atoms with Crippen molar-refractivity contribution >= 4 is 17.5 Å². The molecule has 1 N–H and O–H groups in total. The van der Waals surface area contributed by atoms with Crippen LogP contribution in [0.5, 0.6) is 0 Å². The molecule has 0 saturated heterocycles. The Morgan fingerprint density at radius 3 is 2.71 bits per heavy atom. The van der Waals surface area contributed by atoms with E-state index in [0.29, 0.717) is 19.4 Å². The van der Waals surface area contributed by atoms with E-state index >= 15 is 0 Å². The summed E-state index contributed by atoms with van der Waals surface area (Å²) in [6.45, 7) is 2.44. The third-order valence-electron chi connectivity index (χ3n) is 3.16. The van der Waals surface area contributed by atoms with Gasteiger partial charge >= 0.3 is 0 Å². The average Bonchev–Trinajstić information content (AvgIpc) is 2.87. The van der Waals surface area contributed by atoms with Gasteiger partial charge in [-0.15, -0.1) is 0 Å². The number of carbonyl (C=O) groups excluding carboxylic acids is 1. The SMILES string of the molecule is Cc1cc(CCNC(=O)CCCc2ccc(Cl)cc2)no1. The molecule has 5 heteroatoms. The molecular weight excluding hydrogens is 288 g/mol. The van der Waals surface area contributed by atoms with E-state index in [2.05, 4.69) is 10.5 Å². The first-order valence-corrected chi connectivity index (χ1v) is 7.44. The van der Waals surface area contributed by atoms with Crippen LogP contribution in [0.15, 0.2) is 34.9 Å². The summed E-state index contributed by atoms with van der Waals surface area (Å²) in [7, 11) is 0. The van der Waals surface area contributed by atoms with Gasteiger partial charge in [0.2, 0.25) is 5.91 Å². The highest BCUT2D eigenvalue weighted by molar-refractivity contribution is 6.30. The maximum atomic E-state index is 11.7. The summed E-state index contributed by atoms with van der Waals surface area (Å²) >= 11 is 5.83. The second-order valence-corrected chi connectivity index (χ2v) is 5.45. The Bertz CT molecular complexity index is 578. The van der Waals surface area contributed by atoms with Gasteiger partial charge in [-0.1, -0.05) is 28.9 Å². The second kappa shape index (κ2) is 7.84. The van der Waals surface area contributed by atoms with Crippen LogP contribution in [-0.2, 0) is 17.6 Å². The highest BCUT2D eigenvalue weighted by atomic mass is 35.5. The molecule has 112 valence electrons. The van der Waals surface area contributed by atoms with Crippen molar-refractivity contribution < 1.29 is 9.32 Å². The van der Waals surface area contributed by atoms with Crippen molar-refractivity contribution in [3.63, 3.8) is 0 Å². The fourth-order valence-corrected chi connectivity index (χ4v) is 2.18. The van der Waals surface area contributed by atoms with Crippen LogP contribution in [0.4, 0.5) is 0 Å². The minimum absolute atomic E-state index is 0.0733. The Labute approximate surface area is 129 Å². The van der Waals surface area contributed by atoms with Gasteiger partial charge in [-0.25, -0.2) is 0 Å². The molecule has 1 aromatic carbocycles. The molecule has 1 amide bonds. The van der Waals surface area contributed by atoms with Gasteiger partial charge in [0.1, 0.15) is 5.76 Å². The van der Waals surface area contributed by atoms with E-state index in [0.717, 1.165) is 29.3 Å². The van der Waals surface area contributed by atoms with Gasteiger partial charge in [0.05, 0.1) is 5.69 Å².